The Bertz CT molecular complexity index is 838. The van der Waals surface area contributed by atoms with E-state index in [9.17, 15) is 9.18 Å². The van der Waals surface area contributed by atoms with Crippen LogP contribution in [-0.4, -0.2) is 16.8 Å². The van der Waals surface area contributed by atoms with Crippen LogP contribution in [0.15, 0.2) is 23.9 Å². The third-order valence-electron chi connectivity index (χ3n) is 7.01. The van der Waals surface area contributed by atoms with Crippen molar-refractivity contribution in [1.29, 1.82) is 5.26 Å². The number of halogens is 1. The van der Waals surface area contributed by atoms with Gasteiger partial charge in [-0.3, -0.25) is 4.79 Å². The zero-order chi connectivity index (χ0) is 20.2. The van der Waals surface area contributed by atoms with Gasteiger partial charge in [0.15, 0.2) is 0 Å². The van der Waals surface area contributed by atoms with Gasteiger partial charge in [-0.1, -0.05) is 51.0 Å². The number of nitriles is 1. The molecule has 1 saturated heterocycles. The van der Waals surface area contributed by atoms with E-state index in [2.05, 4.69) is 4.90 Å². The predicted molar refractivity (Wildman–Crippen MR) is 112 cm³/mol. The molecular weight excluding hydrogens is 363 g/mol. The fourth-order valence-corrected chi connectivity index (χ4v) is 5.62. The number of allylic oxidation sites excluding steroid dienone is 1. The lowest BCUT2D eigenvalue weighted by Crippen LogP contribution is -2.38. The minimum absolute atomic E-state index is 0.0881. The van der Waals surface area contributed by atoms with Gasteiger partial charge in [0.1, 0.15) is 11.9 Å². The van der Waals surface area contributed by atoms with Gasteiger partial charge in [0.2, 0.25) is 5.91 Å². The van der Waals surface area contributed by atoms with Crippen LogP contribution in [0.5, 0.6) is 0 Å². The van der Waals surface area contributed by atoms with Gasteiger partial charge in [0.25, 0.3) is 0 Å². The zero-order valence-corrected chi connectivity index (χ0v) is 17.3. The summed E-state index contributed by atoms with van der Waals surface area (Å²) in [7, 11) is 0. The van der Waals surface area contributed by atoms with Crippen LogP contribution < -0.4 is 0 Å². The Morgan fingerprint density at radius 1 is 0.931 bits per heavy atom. The maximum Gasteiger partial charge on any atom is 0.227 e. The van der Waals surface area contributed by atoms with Gasteiger partial charge >= 0.3 is 0 Å². The summed E-state index contributed by atoms with van der Waals surface area (Å²) in [6.07, 6.45) is 14.0. The largest absolute Gasteiger partial charge is 0.312 e. The van der Waals surface area contributed by atoms with Crippen molar-refractivity contribution in [3.05, 3.63) is 40.8 Å². The lowest BCUT2D eigenvalue weighted by molar-refractivity contribution is -0.131. The number of hydrogen-bond acceptors (Lipinski definition) is 2. The second kappa shape index (κ2) is 9.11. The summed E-state index contributed by atoms with van der Waals surface area (Å²) in [5, 5.41) is 9.12. The quantitative estimate of drug-likeness (QED) is 0.558. The fraction of sp³-hybridized carbons (Fsp3) is 0.600. The van der Waals surface area contributed by atoms with E-state index in [1.165, 1.54) is 43.7 Å². The van der Waals surface area contributed by atoms with E-state index in [0.29, 0.717) is 12.3 Å². The summed E-state index contributed by atoms with van der Waals surface area (Å²) in [6, 6.07) is 7.18. The number of hydrogen-bond donors (Lipinski definition) is 0. The van der Waals surface area contributed by atoms with Crippen molar-refractivity contribution >= 4 is 11.5 Å². The Labute approximate surface area is 173 Å². The first-order valence-corrected chi connectivity index (χ1v) is 11.5. The van der Waals surface area contributed by atoms with Crippen molar-refractivity contribution in [1.82, 2.24) is 4.90 Å². The molecule has 1 aliphatic carbocycles. The van der Waals surface area contributed by atoms with Crippen LogP contribution in [0.4, 0.5) is 4.39 Å². The standard InChI is InChI=1S/C25H31FN2O/c26-21-16-18(14-15-19(21)17-27)25-20-10-6-5-8-11-22(20)28-23(25)12-7-3-1-2-4-9-13-24(28)29/h14-16,20,22H,1-13H2. The molecule has 1 saturated carbocycles. The Morgan fingerprint density at radius 3 is 2.38 bits per heavy atom. The van der Waals surface area contributed by atoms with Crippen LogP contribution >= 0.6 is 0 Å². The van der Waals surface area contributed by atoms with Crippen LogP contribution in [0, 0.1) is 23.1 Å². The number of carbonyl (C=O) groups is 1. The molecule has 4 rings (SSSR count). The topological polar surface area (TPSA) is 44.1 Å². The van der Waals surface area contributed by atoms with E-state index in [1.54, 1.807) is 6.07 Å². The maximum atomic E-state index is 14.5. The molecule has 4 heteroatoms. The molecule has 3 aliphatic rings. The van der Waals surface area contributed by atoms with E-state index in [4.69, 9.17) is 5.26 Å². The van der Waals surface area contributed by atoms with Crippen LogP contribution in [0.1, 0.15) is 94.6 Å². The van der Waals surface area contributed by atoms with Crippen LogP contribution in [0.25, 0.3) is 5.57 Å². The summed E-state index contributed by atoms with van der Waals surface area (Å²) < 4.78 is 14.5. The number of benzene rings is 1. The molecule has 154 valence electrons. The first kappa shape index (κ1) is 20.1. The number of nitrogens with zero attached hydrogens (tertiary/aromatic N) is 2. The van der Waals surface area contributed by atoms with Gasteiger partial charge in [0.05, 0.1) is 5.56 Å². The van der Waals surface area contributed by atoms with Gasteiger partial charge in [-0.2, -0.15) is 5.26 Å². The monoisotopic (exact) mass is 394 g/mol. The van der Waals surface area contributed by atoms with Crippen LogP contribution in [0.3, 0.4) is 0 Å². The molecule has 3 nitrogen and oxygen atoms in total. The van der Waals surface area contributed by atoms with Crippen molar-refractivity contribution < 1.29 is 9.18 Å². The second-order valence-corrected chi connectivity index (χ2v) is 8.86. The summed E-state index contributed by atoms with van der Waals surface area (Å²) in [5.41, 5.74) is 3.30. The molecule has 2 atom stereocenters. The highest BCUT2D eigenvalue weighted by Gasteiger charge is 2.43. The van der Waals surface area contributed by atoms with E-state index >= 15 is 0 Å². The smallest absolute Gasteiger partial charge is 0.227 e. The van der Waals surface area contributed by atoms with Crippen molar-refractivity contribution in [3.63, 3.8) is 0 Å². The van der Waals surface area contributed by atoms with Gasteiger partial charge in [-0.05, 0) is 55.4 Å². The maximum absolute atomic E-state index is 14.5. The molecule has 1 aromatic rings. The van der Waals surface area contributed by atoms with E-state index < -0.39 is 5.82 Å². The average molecular weight is 395 g/mol. The summed E-state index contributed by atoms with van der Waals surface area (Å²) in [5.74, 6) is 0.111. The molecule has 0 radical (unpaired) electrons. The molecule has 0 spiro atoms. The normalized spacial score (nSPS) is 26.2. The van der Waals surface area contributed by atoms with Crippen molar-refractivity contribution in [2.24, 2.45) is 5.92 Å². The minimum Gasteiger partial charge on any atom is -0.312 e. The van der Waals surface area contributed by atoms with Gasteiger partial charge in [-0.15, -0.1) is 0 Å². The molecule has 2 heterocycles. The van der Waals surface area contributed by atoms with E-state index in [0.717, 1.165) is 56.2 Å². The van der Waals surface area contributed by atoms with E-state index in [1.807, 2.05) is 12.1 Å². The highest BCUT2D eigenvalue weighted by Crippen LogP contribution is 2.48. The molecule has 2 fully saturated rings. The van der Waals surface area contributed by atoms with Gasteiger partial charge < -0.3 is 4.90 Å². The Kier molecular flexibility index (Phi) is 6.33. The minimum atomic E-state index is -0.454. The summed E-state index contributed by atoms with van der Waals surface area (Å²) in [4.78, 5) is 15.5. The molecule has 2 aliphatic heterocycles. The molecule has 0 aromatic heterocycles. The molecule has 29 heavy (non-hydrogen) atoms. The van der Waals surface area contributed by atoms with Crippen molar-refractivity contribution in [2.45, 2.75) is 89.5 Å². The molecule has 1 amide bonds. The molecular formula is C25H31FN2O. The third kappa shape index (κ3) is 4.10. The van der Waals surface area contributed by atoms with Crippen LogP contribution in [-0.2, 0) is 4.79 Å². The Balaban J connectivity index is 1.81. The first-order chi connectivity index (χ1) is 14.2. The number of carbonyl (C=O) groups excluding carboxylic acids is 1. The van der Waals surface area contributed by atoms with Gasteiger partial charge in [-0.25, -0.2) is 4.39 Å². The lowest BCUT2D eigenvalue weighted by atomic mass is 9.85. The van der Waals surface area contributed by atoms with Crippen molar-refractivity contribution in [3.8, 4) is 6.07 Å². The Hall–Kier alpha value is -2.15. The fourth-order valence-electron chi connectivity index (χ4n) is 5.62. The third-order valence-corrected chi connectivity index (χ3v) is 7.01. The highest BCUT2D eigenvalue weighted by molar-refractivity contribution is 5.85. The van der Waals surface area contributed by atoms with E-state index in [-0.39, 0.29) is 17.5 Å². The van der Waals surface area contributed by atoms with Gasteiger partial charge in [0, 0.05) is 24.1 Å². The number of amides is 1. The zero-order valence-electron chi connectivity index (χ0n) is 17.3. The lowest BCUT2D eigenvalue weighted by Gasteiger charge is -2.30. The number of rotatable bonds is 1. The predicted octanol–water partition coefficient (Wildman–Crippen LogP) is 6.33. The van der Waals surface area contributed by atoms with Crippen molar-refractivity contribution in [2.75, 3.05) is 0 Å². The first-order valence-electron chi connectivity index (χ1n) is 11.5. The Morgan fingerprint density at radius 2 is 1.62 bits per heavy atom. The summed E-state index contributed by atoms with van der Waals surface area (Å²) in [6.45, 7) is 0. The molecule has 1 aromatic carbocycles. The van der Waals surface area contributed by atoms with Crippen LogP contribution in [0.2, 0.25) is 0 Å². The molecule has 2 unspecified atom stereocenters. The SMILES string of the molecule is N#Cc1ccc(C2=C3CCCCCCCCC(=O)N3C3CCCCCC23)cc1F. The molecule has 0 bridgehead atoms. The average Bonchev–Trinajstić information content (AvgIpc) is 2.85. The second-order valence-electron chi connectivity index (χ2n) is 8.86. The summed E-state index contributed by atoms with van der Waals surface area (Å²) >= 11 is 0. The highest BCUT2D eigenvalue weighted by atomic mass is 19.1. The number of fused-ring (bicyclic) bond motifs is 3. The molecule has 0 N–H and O–H groups in total.